The van der Waals surface area contributed by atoms with E-state index in [0.717, 1.165) is 18.5 Å². The zero-order valence-electron chi connectivity index (χ0n) is 14.9. The average Bonchev–Trinajstić information content (AvgIpc) is 3.34. The Morgan fingerprint density at radius 1 is 1.16 bits per heavy atom. The lowest BCUT2D eigenvalue weighted by molar-refractivity contribution is 0.605. The minimum atomic E-state index is 0.627. The lowest BCUT2D eigenvalue weighted by atomic mass is 9.98. The van der Waals surface area contributed by atoms with Gasteiger partial charge in [0.25, 0.3) is 0 Å². The summed E-state index contributed by atoms with van der Waals surface area (Å²) in [4.78, 5) is 3.42. The fraction of sp³-hybridized carbons (Fsp3) is 0.273. The van der Waals surface area contributed by atoms with Crippen LogP contribution in [0.25, 0.3) is 28.1 Å². The highest BCUT2D eigenvalue weighted by Gasteiger charge is 2.16. The summed E-state index contributed by atoms with van der Waals surface area (Å²) in [5, 5.41) is 4.94. The van der Waals surface area contributed by atoms with E-state index >= 15 is 0 Å². The summed E-state index contributed by atoms with van der Waals surface area (Å²) in [6.45, 7) is 5.03. The Kier molecular flexibility index (Phi) is 5.69. The Hall–Kier alpha value is -2.36. The number of benzene rings is 2. The summed E-state index contributed by atoms with van der Waals surface area (Å²) in [5.41, 5.74) is 10.8. The zero-order valence-corrected chi connectivity index (χ0v) is 14.9. The summed E-state index contributed by atoms with van der Waals surface area (Å²) in [5.74, 6) is 0. The number of fused-ring (bicyclic) bond motifs is 1. The molecule has 1 fully saturated rings. The van der Waals surface area contributed by atoms with Gasteiger partial charge in [0.15, 0.2) is 0 Å². The summed E-state index contributed by atoms with van der Waals surface area (Å²) < 4.78 is 0. The molecule has 2 heterocycles. The zero-order chi connectivity index (χ0) is 17.6. The first-order valence-electron chi connectivity index (χ1n) is 8.97. The normalized spacial score (nSPS) is 16.5. The van der Waals surface area contributed by atoms with Gasteiger partial charge in [-0.1, -0.05) is 36.9 Å². The standard InChI is InChI=1S/C21H22N2.CH5N/c1-2-15-5-3-6-16(11-15)17-8-9-21-20(13-17)18(14-23-21)12-19-7-4-10-22-19;1-2/h2-3,5-6,8-9,11,13-14,19,22-23H,1,4,7,10,12H2;2H2,1H3/t19-;/m1./s1. The van der Waals surface area contributed by atoms with E-state index in [-0.39, 0.29) is 0 Å². The van der Waals surface area contributed by atoms with Gasteiger partial charge in [-0.15, -0.1) is 0 Å². The molecule has 4 rings (SSSR count). The quantitative estimate of drug-likeness (QED) is 0.665. The molecular weight excluding hydrogens is 306 g/mol. The van der Waals surface area contributed by atoms with Crippen LogP contribution in [-0.4, -0.2) is 24.6 Å². The lowest BCUT2D eigenvalue weighted by Crippen LogP contribution is -2.23. The Morgan fingerprint density at radius 2 is 2.00 bits per heavy atom. The average molecular weight is 333 g/mol. The second kappa shape index (κ2) is 8.15. The highest BCUT2D eigenvalue weighted by molar-refractivity contribution is 5.88. The molecule has 0 spiro atoms. The second-order valence-corrected chi connectivity index (χ2v) is 6.40. The van der Waals surface area contributed by atoms with Crippen LogP contribution in [0.2, 0.25) is 0 Å². The summed E-state index contributed by atoms with van der Waals surface area (Å²) in [7, 11) is 1.50. The number of H-pyrrole nitrogens is 1. The summed E-state index contributed by atoms with van der Waals surface area (Å²) in [6, 6.07) is 15.9. The minimum Gasteiger partial charge on any atom is -0.361 e. The Labute approximate surface area is 149 Å². The van der Waals surface area contributed by atoms with E-state index in [1.807, 2.05) is 6.08 Å². The largest absolute Gasteiger partial charge is 0.361 e. The topological polar surface area (TPSA) is 53.8 Å². The van der Waals surface area contributed by atoms with Gasteiger partial charge in [0.05, 0.1) is 0 Å². The Bertz CT molecular complexity index is 841. The fourth-order valence-electron chi connectivity index (χ4n) is 3.57. The van der Waals surface area contributed by atoms with Gasteiger partial charge < -0.3 is 16.0 Å². The van der Waals surface area contributed by atoms with E-state index in [1.54, 1.807) is 0 Å². The van der Waals surface area contributed by atoms with Crippen LogP contribution < -0.4 is 11.1 Å². The monoisotopic (exact) mass is 333 g/mol. The predicted molar refractivity (Wildman–Crippen MR) is 109 cm³/mol. The summed E-state index contributed by atoms with van der Waals surface area (Å²) in [6.07, 6.45) is 7.76. The predicted octanol–water partition coefficient (Wildman–Crippen LogP) is 4.35. The van der Waals surface area contributed by atoms with Crippen molar-refractivity contribution in [2.45, 2.75) is 25.3 Å². The molecule has 1 aliphatic heterocycles. The maximum absolute atomic E-state index is 4.50. The van der Waals surface area contributed by atoms with Gasteiger partial charge in [-0.3, -0.25) is 0 Å². The van der Waals surface area contributed by atoms with Gasteiger partial charge in [0.1, 0.15) is 0 Å². The van der Waals surface area contributed by atoms with Gasteiger partial charge >= 0.3 is 0 Å². The van der Waals surface area contributed by atoms with Crippen molar-refractivity contribution in [3.63, 3.8) is 0 Å². The molecule has 1 saturated heterocycles. The van der Waals surface area contributed by atoms with Gasteiger partial charge in [0.2, 0.25) is 0 Å². The number of aromatic amines is 1. The van der Waals surface area contributed by atoms with E-state index in [0.29, 0.717) is 6.04 Å². The first-order valence-corrected chi connectivity index (χ1v) is 8.97. The molecule has 3 aromatic rings. The van der Waals surface area contributed by atoms with Crippen molar-refractivity contribution >= 4 is 17.0 Å². The molecular formula is C22H27N3. The van der Waals surface area contributed by atoms with Gasteiger partial charge in [-0.2, -0.15) is 0 Å². The molecule has 3 heteroatoms. The van der Waals surface area contributed by atoms with Crippen LogP contribution in [0.15, 0.2) is 55.2 Å². The third kappa shape index (κ3) is 3.84. The van der Waals surface area contributed by atoms with Gasteiger partial charge in [-0.25, -0.2) is 0 Å². The number of nitrogens with two attached hydrogens (primary N) is 1. The number of rotatable bonds is 4. The Balaban J connectivity index is 0.000000880. The summed E-state index contributed by atoms with van der Waals surface area (Å²) >= 11 is 0. The third-order valence-electron chi connectivity index (χ3n) is 4.85. The van der Waals surface area contributed by atoms with Crippen LogP contribution in [0.3, 0.4) is 0 Å². The maximum Gasteiger partial charge on any atom is 0.0457 e. The highest BCUT2D eigenvalue weighted by Crippen LogP contribution is 2.28. The maximum atomic E-state index is 4.50. The van der Waals surface area contributed by atoms with Crippen LogP contribution in [-0.2, 0) is 6.42 Å². The van der Waals surface area contributed by atoms with Crippen LogP contribution in [0.5, 0.6) is 0 Å². The van der Waals surface area contributed by atoms with Crippen LogP contribution in [0.1, 0.15) is 24.0 Å². The van der Waals surface area contributed by atoms with Crippen molar-refractivity contribution in [2.75, 3.05) is 13.6 Å². The van der Waals surface area contributed by atoms with Crippen LogP contribution in [0.4, 0.5) is 0 Å². The molecule has 0 unspecified atom stereocenters. The fourth-order valence-corrected chi connectivity index (χ4v) is 3.57. The van der Waals surface area contributed by atoms with E-state index in [4.69, 9.17) is 0 Å². The molecule has 4 N–H and O–H groups in total. The molecule has 25 heavy (non-hydrogen) atoms. The molecule has 2 aromatic carbocycles. The molecule has 1 aliphatic rings. The molecule has 1 aromatic heterocycles. The van der Waals surface area contributed by atoms with E-state index in [2.05, 4.69) is 71.3 Å². The molecule has 0 radical (unpaired) electrons. The number of hydrogen-bond acceptors (Lipinski definition) is 2. The minimum absolute atomic E-state index is 0.627. The van der Waals surface area contributed by atoms with Crippen molar-refractivity contribution in [3.8, 4) is 11.1 Å². The molecule has 130 valence electrons. The molecule has 1 atom stereocenters. The Morgan fingerprint density at radius 3 is 2.76 bits per heavy atom. The molecule has 3 nitrogen and oxygen atoms in total. The van der Waals surface area contributed by atoms with Crippen LogP contribution in [0, 0.1) is 0 Å². The lowest BCUT2D eigenvalue weighted by Gasteiger charge is -2.09. The first-order chi connectivity index (χ1) is 12.3. The number of nitrogens with one attached hydrogen (secondary N) is 2. The molecule has 0 saturated carbocycles. The van der Waals surface area contributed by atoms with E-state index in [1.165, 1.54) is 47.5 Å². The van der Waals surface area contributed by atoms with Crippen molar-refractivity contribution < 1.29 is 0 Å². The highest BCUT2D eigenvalue weighted by atomic mass is 14.9. The second-order valence-electron chi connectivity index (χ2n) is 6.40. The smallest absolute Gasteiger partial charge is 0.0457 e. The van der Waals surface area contributed by atoms with E-state index in [9.17, 15) is 0 Å². The SMILES string of the molecule is C=Cc1cccc(-c2ccc3[nH]cc(C[C@H]4CCCN4)c3c2)c1.CN. The number of aromatic nitrogens is 1. The first kappa shape index (κ1) is 17.5. The van der Waals surface area contributed by atoms with E-state index < -0.39 is 0 Å². The van der Waals surface area contributed by atoms with Crippen molar-refractivity contribution in [1.82, 2.24) is 10.3 Å². The van der Waals surface area contributed by atoms with Gasteiger partial charge in [-0.05, 0) is 73.3 Å². The van der Waals surface area contributed by atoms with Crippen molar-refractivity contribution in [1.29, 1.82) is 0 Å². The van der Waals surface area contributed by atoms with Crippen molar-refractivity contribution in [3.05, 3.63) is 66.4 Å². The van der Waals surface area contributed by atoms with Gasteiger partial charge in [0, 0.05) is 23.1 Å². The van der Waals surface area contributed by atoms with Crippen LogP contribution >= 0.6 is 0 Å². The molecule has 0 aliphatic carbocycles. The number of hydrogen-bond donors (Lipinski definition) is 3. The molecule has 0 bridgehead atoms. The van der Waals surface area contributed by atoms with Crippen molar-refractivity contribution in [2.24, 2.45) is 5.73 Å². The third-order valence-corrected chi connectivity index (χ3v) is 4.85. The molecule has 0 amide bonds.